The Hall–Kier alpha value is -2.12. The second kappa shape index (κ2) is 6.17. The van der Waals surface area contributed by atoms with Crippen LogP contribution in [0.5, 0.6) is 0 Å². The Kier molecular flexibility index (Phi) is 3.50. The van der Waals surface area contributed by atoms with Gasteiger partial charge < -0.3 is 5.11 Å². The molecule has 2 aromatic rings. The van der Waals surface area contributed by atoms with Crippen molar-refractivity contribution >= 4 is 6.08 Å². The van der Waals surface area contributed by atoms with Crippen molar-refractivity contribution in [2.24, 2.45) is 0 Å². The van der Waals surface area contributed by atoms with E-state index in [9.17, 15) is 5.11 Å². The molecular weight excluding hydrogens is 232 g/mol. The van der Waals surface area contributed by atoms with Crippen LogP contribution in [0.1, 0.15) is 20.2 Å². The maximum atomic E-state index is 10.9. The predicted octanol–water partition coefficient (Wildman–Crippen LogP) is 4.16. The Morgan fingerprint density at radius 2 is 1.63 bits per heavy atom. The highest BCUT2D eigenvalue weighted by Crippen LogP contribution is 2.27. The molecule has 1 unspecified atom stereocenters. The van der Waals surface area contributed by atoms with E-state index in [1.807, 2.05) is 36.4 Å². The first-order chi connectivity index (χ1) is 9.99. The fourth-order valence-electron chi connectivity index (χ4n) is 1.86. The van der Waals surface area contributed by atoms with Crippen molar-refractivity contribution in [1.82, 2.24) is 0 Å². The lowest BCUT2D eigenvalue weighted by atomic mass is 9.89. The zero-order chi connectivity index (χ0) is 15.3. The van der Waals surface area contributed by atoms with Crippen molar-refractivity contribution in [2.75, 3.05) is 0 Å². The second-order valence-corrected chi connectivity index (χ2v) is 4.22. The van der Waals surface area contributed by atoms with Crippen molar-refractivity contribution in [3.05, 3.63) is 90.5 Å². The fraction of sp³-hybridized carbons (Fsp3) is 0.111. The molecule has 0 bridgehead atoms. The molecule has 0 aliphatic heterocycles. The maximum absolute atomic E-state index is 10.9. The largest absolute Gasteiger partial charge is 0.381 e. The van der Waals surface area contributed by atoms with Crippen molar-refractivity contribution in [3.63, 3.8) is 0 Å². The van der Waals surface area contributed by atoms with Crippen molar-refractivity contribution in [3.8, 4) is 0 Å². The summed E-state index contributed by atoms with van der Waals surface area (Å²) in [6.45, 7) is 3.51. The van der Waals surface area contributed by atoms with Gasteiger partial charge in [-0.05, 0) is 17.2 Å². The predicted molar refractivity (Wildman–Crippen MR) is 80.6 cm³/mol. The van der Waals surface area contributed by atoms with Crippen LogP contribution in [0.4, 0.5) is 0 Å². The molecule has 0 saturated carbocycles. The Labute approximate surface area is 117 Å². The number of hydrogen-bond acceptors (Lipinski definition) is 1. The molecule has 19 heavy (non-hydrogen) atoms. The quantitative estimate of drug-likeness (QED) is 0.792. The summed E-state index contributed by atoms with van der Waals surface area (Å²) in [5.41, 5.74) is -0.389. The third-order valence-corrected chi connectivity index (χ3v) is 2.85. The second-order valence-electron chi connectivity index (χ2n) is 4.22. The topological polar surface area (TPSA) is 20.2 Å². The van der Waals surface area contributed by atoms with Gasteiger partial charge in [0.05, 0.1) is 0 Å². The molecule has 2 rings (SSSR count). The summed E-state index contributed by atoms with van der Waals surface area (Å²) < 4.78 is 16.2. The third-order valence-electron chi connectivity index (χ3n) is 2.85. The lowest BCUT2D eigenvalue weighted by Crippen LogP contribution is -2.21. The molecule has 1 atom stereocenters. The van der Waals surface area contributed by atoms with Gasteiger partial charge >= 0.3 is 0 Å². The van der Waals surface area contributed by atoms with Gasteiger partial charge in [0.25, 0.3) is 0 Å². The van der Waals surface area contributed by atoms with E-state index in [1.165, 1.54) is 6.08 Å². The van der Waals surface area contributed by atoms with E-state index in [0.717, 1.165) is 11.6 Å². The lowest BCUT2D eigenvalue weighted by molar-refractivity contribution is 0.0938. The average molecular weight is 252 g/mol. The zero-order valence-electron chi connectivity index (χ0n) is 12.7. The Bertz CT molecular complexity index is 620. The van der Waals surface area contributed by atoms with Crippen molar-refractivity contribution < 1.29 is 7.85 Å². The summed E-state index contributed by atoms with van der Waals surface area (Å²) in [5.74, 6) is 0. The number of benzene rings is 2. The Morgan fingerprint density at radius 1 is 1.05 bits per heavy atom. The smallest absolute Gasteiger partial charge is 0.111 e. The molecule has 0 saturated heterocycles. The molecule has 0 radical (unpaired) electrons. The third kappa shape index (κ3) is 3.43. The lowest BCUT2D eigenvalue weighted by Gasteiger charge is -2.23. The van der Waals surface area contributed by atoms with Crippen LogP contribution >= 0.6 is 0 Å². The Morgan fingerprint density at radius 3 is 2.21 bits per heavy atom. The van der Waals surface area contributed by atoms with E-state index in [-0.39, 0.29) is 0 Å². The monoisotopic (exact) mass is 252 g/mol. The van der Waals surface area contributed by atoms with Crippen LogP contribution in [0.15, 0.2) is 79.4 Å². The van der Waals surface area contributed by atoms with E-state index < -0.39 is 12.0 Å². The first kappa shape index (κ1) is 10.8. The molecule has 1 nitrogen and oxygen atoms in total. The Balaban J connectivity index is 2.47. The summed E-state index contributed by atoms with van der Waals surface area (Å²) in [6.07, 6.45) is 2.35. The minimum atomic E-state index is -1.99. The molecule has 0 fully saturated rings. The molecule has 0 aliphatic rings. The van der Waals surface area contributed by atoms with Crippen LogP contribution in [0, 0.1) is 0 Å². The molecular formula is C18H18O. The number of rotatable bonds is 5. The first-order valence-electron chi connectivity index (χ1n) is 7.15. The van der Waals surface area contributed by atoms with Gasteiger partial charge in [-0.2, -0.15) is 0 Å². The molecule has 1 heteroatoms. The number of hydrogen-bond donors (Lipinski definition) is 1. The summed E-state index contributed by atoms with van der Waals surface area (Å²) in [5, 5.41) is 10.9. The molecule has 0 heterocycles. The van der Waals surface area contributed by atoms with E-state index in [0.29, 0.717) is 5.56 Å². The molecule has 0 aliphatic carbocycles. The van der Waals surface area contributed by atoms with Crippen LogP contribution in [0.3, 0.4) is 0 Å². The normalized spacial score (nSPS) is 16.5. The standard InChI is InChI=1S/C18H18O/c1-2-14-18(19,17-11-7-4-8-12-17)15-13-16-9-5-3-6-10-16/h2-13,15,19H,1,14H2/b15-13+/i14D2. The first-order valence-corrected chi connectivity index (χ1v) is 6.15. The van der Waals surface area contributed by atoms with Gasteiger partial charge in [0.2, 0.25) is 0 Å². The molecule has 96 valence electrons. The summed E-state index contributed by atoms with van der Waals surface area (Å²) in [6, 6.07) is 18.3. The van der Waals surface area contributed by atoms with Gasteiger partial charge in [0.15, 0.2) is 0 Å². The van der Waals surface area contributed by atoms with Gasteiger partial charge in [-0.25, -0.2) is 0 Å². The van der Waals surface area contributed by atoms with E-state index in [4.69, 9.17) is 2.74 Å². The molecule has 0 spiro atoms. The highest BCUT2D eigenvalue weighted by Gasteiger charge is 2.23. The summed E-state index contributed by atoms with van der Waals surface area (Å²) in [4.78, 5) is 0. The van der Waals surface area contributed by atoms with Crippen LogP contribution in [0.2, 0.25) is 0 Å². The van der Waals surface area contributed by atoms with Gasteiger partial charge in [-0.1, -0.05) is 72.8 Å². The fourth-order valence-corrected chi connectivity index (χ4v) is 1.86. The highest BCUT2D eigenvalue weighted by atomic mass is 16.3. The molecule has 0 aromatic heterocycles. The number of aliphatic hydroxyl groups is 1. The van der Waals surface area contributed by atoms with Crippen LogP contribution in [-0.2, 0) is 5.60 Å². The summed E-state index contributed by atoms with van der Waals surface area (Å²) in [7, 11) is 0. The van der Waals surface area contributed by atoms with Crippen LogP contribution in [0.25, 0.3) is 6.08 Å². The summed E-state index contributed by atoms with van der Waals surface area (Å²) >= 11 is 0. The zero-order valence-corrected chi connectivity index (χ0v) is 10.7. The highest BCUT2D eigenvalue weighted by molar-refractivity contribution is 5.51. The van der Waals surface area contributed by atoms with Crippen LogP contribution in [-0.4, -0.2) is 5.11 Å². The van der Waals surface area contributed by atoms with Gasteiger partial charge in [-0.3, -0.25) is 0 Å². The molecule has 0 amide bonds. The van der Waals surface area contributed by atoms with Crippen molar-refractivity contribution in [2.45, 2.75) is 12.0 Å². The molecule has 2 aromatic carbocycles. The maximum Gasteiger partial charge on any atom is 0.111 e. The minimum absolute atomic E-state index is 0.488. The van der Waals surface area contributed by atoms with Gasteiger partial charge in [-0.15, -0.1) is 6.58 Å². The van der Waals surface area contributed by atoms with Gasteiger partial charge in [0, 0.05) is 9.11 Å². The van der Waals surface area contributed by atoms with E-state index >= 15 is 0 Å². The average Bonchev–Trinajstić information content (AvgIpc) is 2.54. The van der Waals surface area contributed by atoms with Crippen LogP contribution < -0.4 is 0 Å². The molecule has 1 N–H and O–H groups in total. The SMILES string of the molecule is [2H]C([2H])(C=C)C(O)(/C=C/c1ccccc1)c1ccccc1. The van der Waals surface area contributed by atoms with E-state index in [2.05, 4.69) is 6.58 Å². The van der Waals surface area contributed by atoms with E-state index in [1.54, 1.807) is 30.3 Å². The van der Waals surface area contributed by atoms with Gasteiger partial charge in [0.1, 0.15) is 5.60 Å². The van der Waals surface area contributed by atoms with Crippen molar-refractivity contribution in [1.29, 1.82) is 0 Å². The minimum Gasteiger partial charge on any atom is -0.381 e.